The second-order valence-electron chi connectivity index (χ2n) is 15.4. The Labute approximate surface area is 311 Å². The second kappa shape index (κ2) is 15.4. The number of benzene rings is 4. The van der Waals surface area contributed by atoms with Gasteiger partial charge in [0.25, 0.3) is 0 Å². The summed E-state index contributed by atoms with van der Waals surface area (Å²) in [5, 5.41) is 0. The van der Waals surface area contributed by atoms with Crippen LogP contribution in [-0.2, 0) is 43.5 Å². The van der Waals surface area contributed by atoms with Crippen LogP contribution in [0.3, 0.4) is 0 Å². The average molecular weight is 727 g/mol. The fourth-order valence-electron chi connectivity index (χ4n) is 6.16. The Morgan fingerprint density at radius 3 is 1.59 bits per heavy atom. The smallest absolute Gasteiger partial charge is 1.00 e. The minimum atomic E-state index is 0. The molecule has 6 rings (SSSR count). The van der Waals surface area contributed by atoms with E-state index in [0.29, 0.717) is 11.3 Å². The topological polar surface area (TPSA) is 0 Å². The zero-order valence-electron chi connectivity index (χ0n) is 29.2. The quantitative estimate of drug-likeness (QED) is 0.197. The van der Waals surface area contributed by atoms with Crippen LogP contribution in [0.4, 0.5) is 0 Å². The van der Waals surface area contributed by atoms with Gasteiger partial charge in [0, 0.05) is 0 Å². The third-order valence-electron chi connectivity index (χ3n) is 8.62. The molecule has 0 radical (unpaired) electrons. The van der Waals surface area contributed by atoms with Crippen molar-refractivity contribution in [1.82, 2.24) is 0 Å². The third-order valence-corrected chi connectivity index (χ3v) is 8.62. The summed E-state index contributed by atoms with van der Waals surface area (Å²) in [5.74, 6) is 0.522. The first kappa shape index (κ1) is 40.0. The van der Waals surface area contributed by atoms with Gasteiger partial charge in [-0.15, -0.1) is 28.8 Å². The average Bonchev–Trinajstić information content (AvgIpc) is 3.55. The Kier molecular flexibility index (Phi) is 13.4. The molecule has 2 aliphatic carbocycles. The molecule has 0 saturated heterocycles. The van der Waals surface area contributed by atoms with Crippen molar-refractivity contribution in [3.8, 4) is 33.4 Å². The Morgan fingerprint density at radius 2 is 1.13 bits per heavy atom. The first-order valence-electron chi connectivity index (χ1n) is 15.8. The normalized spacial score (nSPS) is 14.8. The number of rotatable bonds is 2. The van der Waals surface area contributed by atoms with Gasteiger partial charge in [0.05, 0.1) is 0 Å². The molecule has 46 heavy (non-hydrogen) atoms. The summed E-state index contributed by atoms with van der Waals surface area (Å²) in [4.78, 5) is 0. The van der Waals surface area contributed by atoms with E-state index in [9.17, 15) is 0 Å². The molecule has 0 nitrogen and oxygen atoms in total. The molecule has 1 unspecified atom stereocenters. The van der Waals surface area contributed by atoms with E-state index in [-0.39, 0.29) is 61.8 Å². The molecule has 0 saturated carbocycles. The maximum absolute atomic E-state index is 3.88. The molecule has 0 fully saturated rings. The van der Waals surface area contributed by atoms with Crippen molar-refractivity contribution in [2.45, 2.75) is 86.5 Å². The molecule has 0 bridgehead atoms. The van der Waals surface area contributed by atoms with Crippen LogP contribution in [-0.4, -0.2) is 0 Å². The Hall–Kier alpha value is -2.18. The molecule has 0 spiro atoms. The van der Waals surface area contributed by atoms with Crippen LogP contribution >= 0.6 is 0 Å². The van der Waals surface area contributed by atoms with Crippen molar-refractivity contribution in [1.29, 1.82) is 0 Å². The van der Waals surface area contributed by atoms with Crippen molar-refractivity contribution in [2.75, 3.05) is 0 Å². The van der Waals surface area contributed by atoms with Crippen LogP contribution in [0.15, 0.2) is 96.6 Å². The molecule has 0 N–H and O–H groups in total. The molecule has 2 aliphatic rings. The monoisotopic (exact) mass is 724 g/mol. The van der Waals surface area contributed by atoms with E-state index in [0.717, 1.165) is 6.42 Å². The van der Waals surface area contributed by atoms with Crippen LogP contribution in [0.25, 0.3) is 33.4 Å². The van der Waals surface area contributed by atoms with Gasteiger partial charge >= 0.3 is 26.2 Å². The molecular weight excluding hydrogens is 679 g/mol. The Balaban J connectivity index is 0.000000489. The van der Waals surface area contributed by atoms with Crippen molar-refractivity contribution in [3.05, 3.63) is 131 Å². The number of hydrogen-bond donors (Lipinski definition) is 0. The first-order valence-corrected chi connectivity index (χ1v) is 15.8. The zero-order valence-corrected chi connectivity index (χ0v) is 33.2. The summed E-state index contributed by atoms with van der Waals surface area (Å²) < 4.78 is 0. The molecule has 1 atom stereocenters. The van der Waals surface area contributed by atoms with Gasteiger partial charge in [0.1, 0.15) is 0 Å². The maximum atomic E-state index is 3.88. The summed E-state index contributed by atoms with van der Waals surface area (Å²) >= 11 is 0. The van der Waals surface area contributed by atoms with Crippen molar-refractivity contribution >= 4 is 0 Å². The SMILES string of the molecule is CC(C)(C)c1cc2c([c-]c1-c1ccccc1)Cc1cc(-c3ccccc3)c(C(C)(C)C)cc1-2.CC1[C-]=CC(C(C)(C)C)=C1.[Cl-].[Cl-].[Zr+4]. The second-order valence-corrected chi connectivity index (χ2v) is 15.4. The van der Waals surface area contributed by atoms with E-state index in [2.05, 4.69) is 172 Å². The Bertz CT molecular complexity index is 1570. The third kappa shape index (κ3) is 8.83. The molecule has 0 aromatic heterocycles. The summed E-state index contributed by atoms with van der Waals surface area (Å²) in [6.45, 7) is 22.7. The summed E-state index contributed by atoms with van der Waals surface area (Å²) in [7, 11) is 0. The summed E-state index contributed by atoms with van der Waals surface area (Å²) in [6.07, 6.45) is 8.60. The molecule has 4 aromatic rings. The van der Waals surface area contributed by atoms with Gasteiger partial charge in [-0.3, -0.25) is 6.08 Å². The number of hydrogen-bond acceptors (Lipinski definition) is 0. The van der Waals surface area contributed by atoms with Crippen LogP contribution in [0.2, 0.25) is 0 Å². The van der Waals surface area contributed by atoms with Gasteiger partial charge in [-0.1, -0.05) is 170 Å². The van der Waals surface area contributed by atoms with Crippen molar-refractivity contribution < 1.29 is 51.0 Å². The van der Waals surface area contributed by atoms with Gasteiger partial charge in [0.2, 0.25) is 0 Å². The first-order chi connectivity index (χ1) is 20.1. The maximum Gasteiger partial charge on any atom is 4.00 e. The van der Waals surface area contributed by atoms with E-state index in [4.69, 9.17) is 0 Å². The van der Waals surface area contributed by atoms with Gasteiger partial charge in [-0.25, -0.2) is 6.08 Å². The predicted molar refractivity (Wildman–Crippen MR) is 186 cm³/mol. The fourth-order valence-corrected chi connectivity index (χ4v) is 6.16. The van der Waals surface area contributed by atoms with E-state index >= 15 is 0 Å². The minimum Gasteiger partial charge on any atom is -1.00 e. The number of fused-ring (bicyclic) bond motifs is 3. The van der Waals surface area contributed by atoms with Gasteiger partial charge < -0.3 is 24.8 Å². The van der Waals surface area contributed by atoms with Crippen LogP contribution in [0, 0.1) is 23.5 Å². The van der Waals surface area contributed by atoms with Crippen molar-refractivity contribution in [3.63, 3.8) is 0 Å². The molecule has 0 aliphatic heterocycles. The van der Waals surface area contributed by atoms with Crippen LogP contribution in [0.5, 0.6) is 0 Å². The van der Waals surface area contributed by atoms with E-state index in [1.54, 1.807) is 0 Å². The fraction of sp³-hybridized carbons (Fsp3) is 0.349. The van der Waals surface area contributed by atoms with E-state index in [1.165, 1.54) is 61.2 Å². The zero-order chi connectivity index (χ0) is 31.2. The molecule has 238 valence electrons. The summed E-state index contributed by atoms with van der Waals surface area (Å²) in [6, 6.07) is 32.8. The molecule has 3 heteroatoms. The number of allylic oxidation sites excluding steroid dienone is 4. The molecule has 0 amide bonds. The standard InChI is InChI=1S/C33H33.C10H15.2ClH.Zr/c1-32(2,3)30-20-26-24(18-28(30)22-13-9-7-10-14-22)17-25-19-29(23-15-11-8-12-16-23)31(21-27(25)26)33(4,5)6;1-8-5-6-9(7-8)10(2,3)4;;;/h7-16,18,20-21H,17H2,1-6H3;6-8H,1-4H3;2*1H;/q2*-1;;;+4/p-2. The van der Waals surface area contributed by atoms with Crippen LogP contribution < -0.4 is 24.8 Å². The number of halogens is 2. The Morgan fingerprint density at radius 1 is 0.609 bits per heavy atom. The van der Waals surface area contributed by atoms with Gasteiger partial charge in [-0.05, 0) is 39.5 Å². The molecule has 0 heterocycles. The van der Waals surface area contributed by atoms with Gasteiger partial charge in [0.15, 0.2) is 0 Å². The van der Waals surface area contributed by atoms with Crippen LogP contribution in [0.1, 0.15) is 91.5 Å². The molecule has 4 aromatic carbocycles. The van der Waals surface area contributed by atoms with Crippen molar-refractivity contribution in [2.24, 2.45) is 11.3 Å². The van der Waals surface area contributed by atoms with E-state index in [1.807, 2.05) is 0 Å². The van der Waals surface area contributed by atoms with E-state index < -0.39 is 0 Å². The van der Waals surface area contributed by atoms with Gasteiger partial charge in [-0.2, -0.15) is 11.6 Å². The molecular formula is C43H48Cl2Zr. The minimum absolute atomic E-state index is 0. The predicted octanol–water partition coefficient (Wildman–Crippen LogP) is 5.96. The largest absolute Gasteiger partial charge is 4.00 e. The summed E-state index contributed by atoms with van der Waals surface area (Å²) in [5.41, 5.74) is 15.2.